The van der Waals surface area contributed by atoms with Crippen molar-refractivity contribution in [2.75, 3.05) is 11.4 Å². The first-order chi connectivity index (χ1) is 15.2. The van der Waals surface area contributed by atoms with E-state index in [0.29, 0.717) is 23.6 Å². The summed E-state index contributed by atoms with van der Waals surface area (Å²) in [5.74, 6) is 0.435. The van der Waals surface area contributed by atoms with E-state index in [9.17, 15) is 0 Å². The lowest BCUT2D eigenvalue weighted by Gasteiger charge is -2.32. The number of hydrogen-bond donors (Lipinski definition) is 1. The minimum atomic E-state index is -0.283. The smallest absolute Gasteiger partial charge is 0.319 e. The molecule has 0 spiro atoms. The van der Waals surface area contributed by atoms with E-state index in [-0.39, 0.29) is 6.04 Å². The van der Waals surface area contributed by atoms with Gasteiger partial charge in [-0.3, -0.25) is 4.98 Å². The molecule has 1 atom stereocenters. The standard InChI is InChI=1S/C21H17ClN8O/c1-12-14(5-3-8-23-12)20-26-27-21(31-20)29-9-7-15-18(25-11-24-15)19(29)16-10-13-4-2-6-17(22)30(13)28-16/h2-6,8,10-11,19H,7,9H2,1H3,(H,24,25)/t19-/m1/s1. The molecule has 154 valence electrons. The molecule has 6 heterocycles. The molecular formula is C21H17ClN8O. The van der Waals surface area contributed by atoms with Gasteiger partial charge in [0.25, 0.3) is 5.89 Å². The molecule has 1 aliphatic rings. The molecular weight excluding hydrogens is 416 g/mol. The number of nitrogens with zero attached hydrogens (tertiary/aromatic N) is 7. The lowest BCUT2D eigenvalue weighted by molar-refractivity contribution is 0.503. The summed E-state index contributed by atoms with van der Waals surface area (Å²) in [5, 5.41) is 13.9. The van der Waals surface area contributed by atoms with Gasteiger partial charge < -0.3 is 14.3 Å². The third kappa shape index (κ3) is 2.89. The number of pyridine rings is 2. The number of imidazole rings is 1. The van der Waals surface area contributed by atoms with Gasteiger partial charge in [0.05, 0.1) is 28.8 Å². The van der Waals surface area contributed by atoms with Crippen molar-refractivity contribution in [1.29, 1.82) is 0 Å². The molecule has 0 amide bonds. The Labute approximate surface area is 181 Å². The number of aryl methyl sites for hydroxylation is 1. The second-order valence-electron chi connectivity index (χ2n) is 7.39. The number of aromatic nitrogens is 7. The highest BCUT2D eigenvalue weighted by atomic mass is 35.5. The van der Waals surface area contributed by atoms with Crippen molar-refractivity contribution in [3.8, 4) is 11.5 Å². The largest absolute Gasteiger partial charge is 0.403 e. The van der Waals surface area contributed by atoms with Crippen LogP contribution in [0.15, 0.2) is 53.3 Å². The van der Waals surface area contributed by atoms with Gasteiger partial charge in [0.15, 0.2) is 0 Å². The highest BCUT2D eigenvalue weighted by Gasteiger charge is 2.36. The maximum Gasteiger partial charge on any atom is 0.319 e. The van der Waals surface area contributed by atoms with E-state index in [1.54, 1.807) is 17.0 Å². The highest BCUT2D eigenvalue weighted by molar-refractivity contribution is 6.29. The third-order valence-corrected chi connectivity index (χ3v) is 5.85. The Morgan fingerprint density at radius 2 is 2.10 bits per heavy atom. The van der Waals surface area contributed by atoms with E-state index in [0.717, 1.165) is 40.3 Å². The predicted molar refractivity (Wildman–Crippen MR) is 114 cm³/mol. The molecule has 5 aromatic rings. The predicted octanol–water partition coefficient (Wildman–Crippen LogP) is 3.62. The molecule has 6 rings (SSSR count). The number of aromatic amines is 1. The van der Waals surface area contributed by atoms with Gasteiger partial charge >= 0.3 is 6.01 Å². The maximum atomic E-state index is 6.35. The Kier molecular flexibility index (Phi) is 4.03. The molecule has 0 saturated heterocycles. The van der Waals surface area contributed by atoms with Crippen LogP contribution in [-0.2, 0) is 6.42 Å². The molecule has 31 heavy (non-hydrogen) atoms. The summed E-state index contributed by atoms with van der Waals surface area (Å²) in [4.78, 5) is 14.2. The van der Waals surface area contributed by atoms with Crippen molar-refractivity contribution in [3.05, 3.63) is 76.9 Å². The number of hydrogen-bond acceptors (Lipinski definition) is 7. The molecule has 10 heteroatoms. The summed E-state index contributed by atoms with van der Waals surface area (Å²) in [5.41, 5.74) is 5.32. The van der Waals surface area contributed by atoms with E-state index >= 15 is 0 Å². The van der Waals surface area contributed by atoms with E-state index < -0.39 is 0 Å². The Morgan fingerprint density at radius 1 is 1.16 bits per heavy atom. The lowest BCUT2D eigenvalue weighted by Crippen LogP contribution is -2.36. The van der Waals surface area contributed by atoms with Crippen LogP contribution in [-0.4, -0.2) is 41.3 Å². The Bertz CT molecular complexity index is 1400. The monoisotopic (exact) mass is 432 g/mol. The first kappa shape index (κ1) is 18.1. The molecule has 1 aliphatic heterocycles. The van der Waals surface area contributed by atoms with Crippen LogP contribution in [0.25, 0.3) is 17.0 Å². The van der Waals surface area contributed by atoms with Gasteiger partial charge in [-0.2, -0.15) is 5.10 Å². The molecule has 0 unspecified atom stereocenters. The molecule has 0 bridgehead atoms. The van der Waals surface area contributed by atoms with Crippen LogP contribution >= 0.6 is 11.6 Å². The normalized spacial score (nSPS) is 16.1. The molecule has 1 N–H and O–H groups in total. The van der Waals surface area contributed by atoms with Gasteiger partial charge in [0, 0.05) is 30.6 Å². The van der Waals surface area contributed by atoms with Crippen molar-refractivity contribution in [3.63, 3.8) is 0 Å². The Hall–Kier alpha value is -3.72. The fraction of sp³-hybridized carbons (Fsp3) is 0.190. The zero-order chi connectivity index (χ0) is 20.9. The molecule has 9 nitrogen and oxygen atoms in total. The summed E-state index contributed by atoms with van der Waals surface area (Å²) in [6.07, 6.45) is 4.23. The first-order valence-electron chi connectivity index (χ1n) is 9.87. The highest BCUT2D eigenvalue weighted by Crippen LogP contribution is 2.37. The summed E-state index contributed by atoms with van der Waals surface area (Å²) in [7, 11) is 0. The third-order valence-electron chi connectivity index (χ3n) is 5.56. The van der Waals surface area contributed by atoms with Crippen LogP contribution in [0, 0.1) is 6.92 Å². The number of anilines is 1. The van der Waals surface area contributed by atoms with Gasteiger partial charge in [0.2, 0.25) is 0 Å². The maximum absolute atomic E-state index is 6.35. The quantitative estimate of drug-likeness (QED) is 0.434. The second kappa shape index (κ2) is 6.92. The van der Waals surface area contributed by atoms with Gasteiger partial charge in [-0.25, -0.2) is 9.50 Å². The Balaban J connectivity index is 1.46. The molecule has 5 aromatic heterocycles. The van der Waals surface area contributed by atoms with Crippen molar-refractivity contribution in [2.24, 2.45) is 0 Å². The summed E-state index contributed by atoms with van der Waals surface area (Å²) in [6, 6.07) is 11.6. The van der Waals surface area contributed by atoms with E-state index in [1.807, 2.05) is 48.2 Å². The first-order valence-corrected chi connectivity index (χ1v) is 10.3. The number of nitrogens with one attached hydrogen (secondary N) is 1. The van der Waals surface area contributed by atoms with Gasteiger partial charge in [-0.1, -0.05) is 22.8 Å². The SMILES string of the molecule is Cc1ncccc1-c1nnc(N2CCc3[nH]cnc3[C@H]2c2cc3cccc(Cl)n3n2)o1. The Morgan fingerprint density at radius 3 is 2.97 bits per heavy atom. The lowest BCUT2D eigenvalue weighted by atomic mass is 10.0. The van der Waals surface area contributed by atoms with Crippen LogP contribution < -0.4 is 4.90 Å². The van der Waals surface area contributed by atoms with E-state index in [4.69, 9.17) is 21.1 Å². The number of rotatable bonds is 3. The number of halogens is 1. The fourth-order valence-corrected chi connectivity index (χ4v) is 4.28. The fourth-order valence-electron chi connectivity index (χ4n) is 4.07. The summed E-state index contributed by atoms with van der Waals surface area (Å²) in [6.45, 7) is 2.59. The van der Waals surface area contributed by atoms with Crippen LogP contribution in [0.4, 0.5) is 6.01 Å². The molecule has 0 radical (unpaired) electrons. The summed E-state index contributed by atoms with van der Waals surface area (Å²) >= 11 is 6.35. The van der Waals surface area contributed by atoms with Crippen LogP contribution in [0.2, 0.25) is 5.15 Å². The van der Waals surface area contributed by atoms with Crippen LogP contribution in [0.3, 0.4) is 0 Å². The van der Waals surface area contributed by atoms with Crippen molar-refractivity contribution >= 4 is 23.1 Å². The van der Waals surface area contributed by atoms with Crippen molar-refractivity contribution < 1.29 is 4.42 Å². The van der Waals surface area contributed by atoms with Crippen LogP contribution in [0.5, 0.6) is 0 Å². The van der Waals surface area contributed by atoms with Gasteiger partial charge in [0.1, 0.15) is 11.2 Å². The van der Waals surface area contributed by atoms with Gasteiger partial charge in [-0.05, 0) is 37.3 Å². The zero-order valence-electron chi connectivity index (χ0n) is 16.5. The minimum Gasteiger partial charge on any atom is -0.403 e. The zero-order valence-corrected chi connectivity index (χ0v) is 17.3. The average molecular weight is 433 g/mol. The molecule has 0 saturated carbocycles. The number of fused-ring (bicyclic) bond motifs is 2. The van der Waals surface area contributed by atoms with E-state index in [1.165, 1.54) is 0 Å². The van der Waals surface area contributed by atoms with E-state index in [2.05, 4.69) is 25.1 Å². The second-order valence-corrected chi connectivity index (χ2v) is 7.78. The molecule has 0 fully saturated rings. The van der Waals surface area contributed by atoms with Crippen LogP contribution in [0.1, 0.15) is 28.8 Å². The minimum absolute atomic E-state index is 0.283. The topological polar surface area (TPSA) is 101 Å². The van der Waals surface area contributed by atoms with Crippen molar-refractivity contribution in [1.82, 2.24) is 34.8 Å². The summed E-state index contributed by atoms with van der Waals surface area (Å²) < 4.78 is 7.81. The van der Waals surface area contributed by atoms with Gasteiger partial charge in [-0.15, -0.1) is 5.10 Å². The molecule has 0 aliphatic carbocycles. The number of H-pyrrole nitrogens is 1. The van der Waals surface area contributed by atoms with Crippen molar-refractivity contribution in [2.45, 2.75) is 19.4 Å². The average Bonchev–Trinajstić information content (AvgIpc) is 3.52. The molecule has 0 aromatic carbocycles.